The zero-order valence-electron chi connectivity index (χ0n) is 15.2. The maximum absolute atomic E-state index is 13.4. The van der Waals surface area contributed by atoms with Crippen LogP contribution in [0.25, 0.3) is 0 Å². The van der Waals surface area contributed by atoms with Crippen LogP contribution in [0.2, 0.25) is 0 Å². The summed E-state index contributed by atoms with van der Waals surface area (Å²) >= 11 is 0. The molecule has 0 unspecified atom stereocenters. The van der Waals surface area contributed by atoms with Crippen molar-refractivity contribution in [1.82, 2.24) is 9.80 Å². The number of carbonyl (C=O) groups is 2. The van der Waals surface area contributed by atoms with Crippen LogP contribution in [0.3, 0.4) is 0 Å². The highest BCUT2D eigenvalue weighted by atomic mass is 19.1. The Balaban J connectivity index is 1.61. The van der Waals surface area contributed by atoms with Crippen LogP contribution >= 0.6 is 0 Å². The fourth-order valence-electron chi connectivity index (χ4n) is 4.06. The Morgan fingerprint density at radius 3 is 2.41 bits per heavy atom. The number of fused-ring (bicyclic) bond motifs is 1. The van der Waals surface area contributed by atoms with E-state index in [2.05, 4.69) is 0 Å². The Labute approximate surface area is 158 Å². The molecule has 0 aliphatic carbocycles. The topological polar surface area (TPSA) is 40.6 Å². The van der Waals surface area contributed by atoms with Gasteiger partial charge in [-0.2, -0.15) is 0 Å². The standard InChI is InChI=1S/C22H23FN2O2/c23-18-10-8-16(9-11-18)20(14-21(26)24-12-4-1-5-13-24)25-15-17-6-2-3-7-19(17)22(25)27/h2-3,6-11,20H,1,4-5,12-15H2/t20-/m1/s1. The molecule has 2 heterocycles. The number of piperidine rings is 1. The summed E-state index contributed by atoms with van der Waals surface area (Å²) in [5.41, 5.74) is 2.46. The first-order chi connectivity index (χ1) is 13.1. The summed E-state index contributed by atoms with van der Waals surface area (Å²) in [6, 6.07) is 13.3. The van der Waals surface area contributed by atoms with E-state index >= 15 is 0 Å². The van der Waals surface area contributed by atoms with Crippen molar-refractivity contribution >= 4 is 11.8 Å². The first kappa shape index (κ1) is 17.7. The van der Waals surface area contributed by atoms with Gasteiger partial charge in [0.05, 0.1) is 12.5 Å². The third-order valence-electron chi connectivity index (χ3n) is 5.56. The average molecular weight is 366 g/mol. The van der Waals surface area contributed by atoms with Gasteiger partial charge in [0.15, 0.2) is 0 Å². The van der Waals surface area contributed by atoms with Crippen LogP contribution in [-0.4, -0.2) is 34.7 Å². The summed E-state index contributed by atoms with van der Waals surface area (Å²) in [7, 11) is 0. The quantitative estimate of drug-likeness (QED) is 0.823. The molecule has 4 nitrogen and oxygen atoms in total. The van der Waals surface area contributed by atoms with Gasteiger partial charge in [-0.15, -0.1) is 0 Å². The van der Waals surface area contributed by atoms with Gasteiger partial charge in [-0.25, -0.2) is 4.39 Å². The van der Waals surface area contributed by atoms with Crippen molar-refractivity contribution in [2.24, 2.45) is 0 Å². The lowest BCUT2D eigenvalue weighted by Gasteiger charge is -2.32. The fraction of sp³-hybridized carbons (Fsp3) is 0.364. The minimum Gasteiger partial charge on any atom is -0.343 e. The van der Waals surface area contributed by atoms with Crippen molar-refractivity contribution in [3.8, 4) is 0 Å². The Kier molecular flexibility index (Phi) is 4.92. The normalized spacial score (nSPS) is 17.7. The molecule has 1 atom stereocenters. The van der Waals surface area contributed by atoms with Gasteiger partial charge in [0.1, 0.15) is 5.82 Å². The lowest BCUT2D eigenvalue weighted by atomic mass is 10.00. The van der Waals surface area contributed by atoms with E-state index in [9.17, 15) is 14.0 Å². The van der Waals surface area contributed by atoms with Gasteiger partial charge in [0, 0.05) is 25.2 Å². The number of carbonyl (C=O) groups excluding carboxylic acids is 2. The lowest BCUT2D eigenvalue weighted by molar-refractivity contribution is -0.133. The highest BCUT2D eigenvalue weighted by Gasteiger charge is 2.35. The number of nitrogens with zero attached hydrogens (tertiary/aromatic N) is 2. The molecule has 1 saturated heterocycles. The molecule has 4 rings (SSSR count). The van der Waals surface area contributed by atoms with Crippen LogP contribution < -0.4 is 0 Å². The summed E-state index contributed by atoms with van der Waals surface area (Å²) < 4.78 is 13.4. The summed E-state index contributed by atoms with van der Waals surface area (Å²) in [4.78, 5) is 29.5. The van der Waals surface area contributed by atoms with E-state index in [0.29, 0.717) is 12.1 Å². The number of halogens is 1. The number of hydrogen-bond acceptors (Lipinski definition) is 2. The third-order valence-corrected chi connectivity index (χ3v) is 5.56. The summed E-state index contributed by atoms with van der Waals surface area (Å²) in [6.45, 7) is 2.04. The summed E-state index contributed by atoms with van der Waals surface area (Å²) in [6.07, 6.45) is 3.44. The number of amides is 2. The van der Waals surface area contributed by atoms with E-state index in [1.54, 1.807) is 17.0 Å². The summed E-state index contributed by atoms with van der Waals surface area (Å²) in [5.74, 6) is -0.324. The molecular formula is C22H23FN2O2. The molecule has 5 heteroatoms. The minimum atomic E-state index is -0.389. The van der Waals surface area contributed by atoms with Crippen LogP contribution in [-0.2, 0) is 11.3 Å². The molecule has 2 amide bonds. The highest BCUT2D eigenvalue weighted by Crippen LogP contribution is 2.34. The van der Waals surface area contributed by atoms with Gasteiger partial charge < -0.3 is 9.80 Å². The second kappa shape index (κ2) is 7.51. The minimum absolute atomic E-state index is 0.0628. The molecule has 2 aromatic rings. The van der Waals surface area contributed by atoms with Gasteiger partial charge in [0.25, 0.3) is 5.91 Å². The molecule has 2 aromatic carbocycles. The molecule has 2 aliphatic heterocycles. The first-order valence-electron chi connectivity index (χ1n) is 9.55. The van der Waals surface area contributed by atoms with Gasteiger partial charge in [-0.05, 0) is 48.6 Å². The van der Waals surface area contributed by atoms with E-state index in [1.807, 2.05) is 29.2 Å². The van der Waals surface area contributed by atoms with E-state index in [-0.39, 0.29) is 30.1 Å². The maximum Gasteiger partial charge on any atom is 0.255 e. The number of benzene rings is 2. The largest absolute Gasteiger partial charge is 0.343 e. The molecule has 0 saturated carbocycles. The van der Waals surface area contributed by atoms with Crippen molar-refractivity contribution < 1.29 is 14.0 Å². The molecule has 0 bridgehead atoms. The molecule has 1 fully saturated rings. The molecule has 0 spiro atoms. The van der Waals surface area contributed by atoms with Gasteiger partial charge in [0.2, 0.25) is 5.91 Å². The SMILES string of the molecule is O=C(C[C@H](c1ccc(F)cc1)N1Cc2ccccc2C1=O)N1CCCCC1. The molecule has 2 aliphatic rings. The predicted molar refractivity (Wildman–Crippen MR) is 101 cm³/mol. The number of hydrogen-bond donors (Lipinski definition) is 0. The van der Waals surface area contributed by atoms with Crippen LogP contribution in [0.1, 0.15) is 53.2 Å². The van der Waals surface area contributed by atoms with E-state index < -0.39 is 0 Å². The Bertz CT molecular complexity index is 844. The highest BCUT2D eigenvalue weighted by molar-refractivity contribution is 5.98. The zero-order chi connectivity index (χ0) is 18.8. The molecule has 140 valence electrons. The van der Waals surface area contributed by atoms with Crippen LogP contribution in [0, 0.1) is 5.82 Å². The molecule has 0 radical (unpaired) electrons. The fourth-order valence-corrected chi connectivity index (χ4v) is 4.06. The van der Waals surface area contributed by atoms with E-state index in [0.717, 1.165) is 43.5 Å². The van der Waals surface area contributed by atoms with Crippen molar-refractivity contribution in [3.05, 3.63) is 71.0 Å². The molecule has 0 aromatic heterocycles. The second-order valence-electron chi connectivity index (χ2n) is 7.30. The Morgan fingerprint density at radius 1 is 1.00 bits per heavy atom. The smallest absolute Gasteiger partial charge is 0.255 e. The third kappa shape index (κ3) is 3.59. The average Bonchev–Trinajstić information content (AvgIpc) is 3.04. The van der Waals surface area contributed by atoms with Crippen LogP contribution in [0.5, 0.6) is 0 Å². The number of likely N-dealkylation sites (tertiary alicyclic amines) is 1. The monoisotopic (exact) mass is 366 g/mol. The van der Waals surface area contributed by atoms with Crippen molar-refractivity contribution in [1.29, 1.82) is 0 Å². The second-order valence-corrected chi connectivity index (χ2v) is 7.30. The van der Waals surface area contributed by atoms with Crippen molar-refractivity contribution in [3.63, 3.8) is 0 Å². The van der Waals surface area contributed by atoms with Gasteiger partial charge in [-0.1, -0.05) is 30.3 Å². The van der Waals surface area contributed by atoms with E-state index in [1.165, 1.54) is 12.1 Å². The molecular weight excluding hydrogens is 343 g/mol. The Morgan fingerprint density at radius 2 is 1.70 bits per heavy atom. The van der Waals surface area contributed by atoms with Crippen LogP contribution in [0.15, 0.2) is 48.5 Å². The number of rotatable bonds is 4. The van der Waals surface area contributed by atoms with Gasteiger partial charge in [-0.3, -0.25) is 9.59 Å². The summed E-state index contributed by atoms with van der Waals surface area (Å²) in [5, 5.41) is 0. The Hall–Kier alpha value is -2.69. The van der Waals surface area contributed by atoms with Crippen molar-refractivity contribution in [2.45, 2.75) is 38.3 Å². The van der Waals surface area contributed by atoms with E-state index in [4.69, 9.17) is 0 Å². The molecule has 27 heavy (non-hydrogen) atoms. The predicted octanol–water partition coefficient (Wildman–Crippen LogP) is 3.93. The lowest BCUT2D eigenvalue weighted by Crippen LogP contribution is -2.39. The van der Waals surface area contributed by atoms with Crippen molar-refractivity contribution in [2.75, 3.05) is 13.1 Å². The van der Waals surface area contributed by atoms with Gasteiger partial charge >= 0.3 is 0 Å². The zero-order valence-corrected chi connectivity index (χ0v) is 15.2. The maximum atomic E-state index is 13.4. The molecule has 0 N–H and O–H groups in total. The van der Waals surface area contributed by atoms with Crippen LogP contribution in [0.4, 0.5) is 4.39 Å². The first-order valence-corrected chi connectivity index (χ1v) is 9.55.